The molecule has 0 spiro atoms. The first-order valence-electron chi connectivity index (χ1n) is 7.22. The maximum absolute atomic E-state index is 11.1. The average molecular weight is 359 g/mol. The minimum Gasteiger partial charge on any atom is -0.755 e. The first kappa shape index (κ1) is 16.9. The smallest absolute Gasteiger partial charge is 0.181 e. The van der Waals surface area contributed by atoms with E-state index in [2.05, 4.69) is 20.0 Å². The fourth-order valence-corrected chi connectivity index (χ4v) is 2.58. The maximum atomic E-state index is 11.1. The fourth-order valence-electron chi connectivity index (χ4n) is 2.28. The molecule has 1 atom stereocenters. The zero-order valence-corrected chi connectivity index (χ0v) is 14.3. The van der Waals surface area contributed by atoms with Gasteiger partial charge in [-0.15, -0.1) is 0 Å². The molecule has 0 fully saturated rings. The standard InChI is InChI=1S/C16H16N4O4S/c1-23-10-7-8-14(24-2)13(9-10)19-15-16(20-25(21)22)18-12-6-4-3-5-11(12)17-15/h3-9H,1-2H3,(H,17,19)(H,18,20)(H,21,22)/p-1. The molecule has 130 valence electrons. The molecule has 0 aliphatic heterocycles. The molecule has 0 aliphatic rings. The molecule has 1 aromatic heterocycles. The lowest BCUT2D eigenvalue weighted by Crippen LogP contribution is -2.09. The lowest BCUT2D eigenvalue weighted by Gasteiger charge is -2.16. The summed E-state index contributed by atoms with van der Waals surface area (Å²) in [6, 6.07) is 12.4. The minimum absolute atomic E-state index is 0.0805. The van der Waals surface area contributed by atoms with Crippen LogP contribution in [0.15, 0.2) is 42.5 Å². The molecule has 0 amide bonds. The van der Waals surface area contributed by atoms with Crippen LogP contribution >= 0.6 is 0 Å². The Morgan fingerprint density at radius 1 is 1.00 bits per heavy atom. The molecular weight excluding hydrogens is 344 g/mol. The Labute approximate surface area is 146 Å². The second-order valence-electron chi connectivity index (χ2n) is 4.94. The molecule has 3 rings (SSSR count). The Hall–Kier alpha value is -2.91. The van der Waals surface area contributed by atoms with Gasteiger partial charge in [0.1, 0.15) is 11.5 Å². The summed E-state index contributed by atoms with van der Waals surface area (Å²) in [5.41, 5.74) is 1.75. The highest BCUT2D eigenvalue weighted by Gasteiger charge is 2.12. The van der Waals surface area contributed by atoms with Crippen LogP contribution in [0.2, 0.25) is 0 Å². The predicted molar refractivity (Wildman–Crippen MR) is 94.9 cm³/mol. The quantitative estimate of drug-likeness (QED) is 0.651. The highest BCUT2D eigenvalue weighted by atomic mass is 32.2. The van der Waals surface area contributed by atoms with E-state index >= 15 is 0 Å². The minimum atomic E-state index is -2.54. The van der Waals surface area contributed by atoms with E-state index in [0.29, 0.717) is 28.2 Å². The van der Waals surface area contributed by atoms with Gasteiger partial charge in [0.15, 0.2) is 11.6 Å². The summed E-state index contributed by atoms with van der Waals surface area (Å²) in [5, 5.41) is 3.05. The van der Waals surface area contributed by atoms with Crippen molar-refractivity contribution < 1.29 is 18.2 Å². The SMILES string of the molecule is COc1ccc(OC)c(Nc2nc3ccccc3nc2NS(=O)[O-])c1. The first-order chi connectivity index (χ1) is 12.1. The van der Waals surface area contributed by atoms with Crippen LogP contribution < -0.4 is 19.5 Å². The van der Waals surface area contributed by atoms with Crippen molar-refractivity contribution in [3.8, 4) is 11.5 Å². The van der Waals surface area contributed by atoms with Gasteiger partial charge in [-0.25, -0.2) is 9.97 Å². The van der Waals surface area contributed by atoms with Crippen molar-refractivity contribution in [2.45, 2.75) is 0 Å². The highest BCUT2D eigenvalue weighted by Crippen LogP contribution is 2.33. The molecule has 0 bridgehead atoms. The van der Waals surface area contributed by atoms with Gasteiger partial charge in [-0.05, 0) is 24.3 Å². The predicted octanol–water partition coefficient (Wildman–Crippen LogP) is 2.60. The molecule has 0 saturated carbocycles. The van der Waals surface area contributed by atoms with Gasteiger partial charge in [0.05, 0.1) is 30.9 Å². The average Bonchev–Trinajstić information content (AvgIpc) is 2.61. The van der Waals surface area contributed by atoms with Gasteiger partial charge in [-0.2, -0.15) is 0 Å². The van der Waals surface area contributed by atoms with Crippen LogP contribution in [-0.2, 0) is 11.3 Å². The molecule has 0 saturated heterocycles. The van der Waals surface area contributed by atoms with E-state index in [1.807, 2.05) is 6.07 Å². The Morgan fingerprint density at radius 3 is 2.28 bits per heavy atom. The van der Waals surface area contributed by atoms with Crippen molar-refractivity contribution in [1.29, 1.82) is 0 Å². The lowest BCUT2D eigenvalue weighted by molar-refractivity contribution is 0.405. The van der Waals surface area contributed by atoms with Gasteiger partial charge in [0.2, 0.25) is 0 Å². The number of ether oxygens (including phenoxy) is 2. The Balaban J connectivity index is 2.09. The molecular formula is C16H15N4O4S-. The van der Waals surface area contributed by atoms with E-state index < -0.39 is 11.3 Å². The Kier molecular flexibility index (Phi) is 4.96. The largest absolute Gasteiger partial charge is 0.755 e. The van der Waals surface area contributed by atoms with Crippen LogP contribution in [0, 0.1) is 0 Å². The highest BCUT2D eigenvalue weighted by molar-refractivity contribution is 7.80. The van der Waals surface area contributed by atoms with Crippen molar-refractivity contribution in [1.82, 2.24) is 9.97 Å². The number of nitrogens with one attached hydrogen (secondary N) is 2. The molecule has 1 heterocycles. The number of hydrogen-bond donors (Lipinski definition) is 2. The summed E-state index contributed by atoms with van der Waals surface area (Å²) in [6.07, 6.45) is 0. The van der Waals surface area contributed by atoms with Crippen molar-refractivity contribution in [3.05, 3.63) is 42.5 Å². The van der Waals surface area contributed by atoms with Gasteiger partial charge in [-0.3, -0.25) is 8.93 Å². The molecule has 0 radical (unpaired) electrons. The number of methoxy groups -OCH3 is 2. The molecule has 0 aliphatic carbocycles. The van der Waals surface area contributed by atoms with E-state index in [1.54, 1.807) is 43.5 Å². The van der Waals surface area contributed by atoms with Crippen LogP contribution in [0.1, 0.15) is 0 Å². The van der Waals surface area contributed by atoms with Crippen LogP contribution in [0.4, 0.5) is 17.3 Å². The Bertz CT molecular complexity index is 935. The number of aromatic nitrogens is 2. The summed E-state index contributed by atoms with van der Waals surface area (Å²) in [4.78, 5) is 8.76. The molecule has 2 N–H and O–H groups in total. The first-order valence-corrected chi connectivity index (χ1v) is 8.30. The van der Waals surface area contributed by atoms with E-state index in [-0.39, 0.29) is 11.6 Å². The van der Waals surface area contributed by atoms with Crippen LogP contribution in [0.5, 0.6) is 11.5 Å². The molecule has 2 aromatic carbocycles. The van der Waals surface area contributed by atoms with E-state index in [4.69, 9.17) is 9.47 Å². The van der Waals surface area contributed by atoms with E-state index in [1.165, 1.54) is 7.11 Å². The number of benzene rings is 2. The third-order valence-corrected chi connectivity index (χ3v) is 3.77. The number of anilines is 3. The number of rotatable bonds is 6. The fraction of sp³-hybridized carbons (Fsp3) is 0.125. The normalized spacial score (nSPS) is 11.8. The number of fused-ring (bicyclic) bond motifs is 1. The van der Waals surface area contributed by atoms with Gasteiger partial charge in [0.25, 0.3) is 0 Å². The molecule has 1 unspecified atom stereocenters. The van der Waals surface area contributed by atoms with Gasteiger partial charge in [0, 0.05) is 17.3 Å². The molecule has 9 heteroatoms. The van der Waals surface area contributed by atoms with Gasteiger partial charge >= 0.3 is 0 Å². The maximum Gasteiger partial charge on any atom is 0.181 e. The summed E-state index contributed by atoms with van der Waals surface area (Å²) < 4.78 is 35.0. The van der Waals surface area contributed by atoms with E-state index in [0.717, 1.165) is 0 Å². The summed E-state index contributed by atoms with van der Waals surface area (Å²) in [6.45, 7) is 0. The van der Waals surface area contributed by atoms with Gasteiger partial charge < -0.3 is 19.3 Å². The molecule has 3 aromatic rings. The summed E-state index contributed by atoms with van der Waals surface area (Å²) in [5.74, 6) is 1.48. The number of para-hydroxylation sites is 2. The Morgan fingerprint density at radius 2 is 1.68 bits per heavy atom. The van der Waals surface area contributed by atoms with Gasteiger partial charge in [-0.1, -0.05) is 12.1 Å². The zero-order chi connectivity index (χ0) is 17.8. The van der Waals surface area contributed by atoms with E-state index in [9.17, 15) is 8.76 Å². The molecule has 8 nitrogen and oxygen atoms in total. The topological polar surface area (TPSA) is 108 Å². The number of nitrogens with zero attached hydrogens (tertiary/aromatic N) is 2. The van der Waals surface area contributed by atoms with Crippen molar-refractivity contribution in [3.63, 3.8) is 0 Å². The third-order valence-electron chi connectivity index (χ3n) is 3.41. The van der Waals surface area contributed by atoms with Crippen molar-refractivity contribution in [2.75, 3.05) is 24.3 Å². The lowest BCUT2D eigenvalue weighted by atomic mass is 10.2. The van der Waals surface area contributed by atoms with Crippen molar-refractivity contribution >= 4 is 39.6 Å². The zero-order valence-electron chi connectivity index (χ0n) is 13.5. The number of hydrogen-bond acceptors (Lipinski definition) is 7. The van der Waals surface area contributed by atoms with Crippen LogP contribution in [0.25, 0.3) is 11.0 Å². The molecule has 25 heavy (non-hydrogen) atoms. The van der Waals surface area contributed by atoms with Crippen molar-refractivity contribution in [2.24, 2.45) is 0 Å². The summed E-state index contributed by atoms with van der Waals surface area (Å²) >= 11 is -2.54. The monoisotopic (exact) mass is 359 g/mol. The second kappa shape index (κ2) is 7.32. The second-order valence-corrected chi connectivity index (χ2v) is 5.61. The third kappa shape index (κ3) is 3.78. The van der Waals surface area contributed by atoms with Crippen LogP contribution in [-0.4, -0.2) is 32.9 Å². The van der Waals surface area contributed by atoms with Crippen LogP contribution in [0.3, 0.4) is 0 Å². The summed E-state index contributed by atoms with van der Waals surface area (Å²) in [7, 11) is 3.08.